The highest BCUT2D eigenvalue weighted by atomic mass is 32.1. The van der Waals surface area contributed by atoms with Crippen molar-refractivity contribution in [3.63, 3.8) is 0 Å². The third-order valence-corrected chi connectivity index (χ3v) is 4.12. The van der Waals surface area contributed by atoms with Crippen LogP contribution in [0.4, 0.5) is 5.13 Å². The van der Waals surface area contributed by atoms with E-state index in [1.165, 1.54) is 11.3 Å². The highest BCUT2D eigenvalue weighted by molar-refractivity contribution is 7.13. The maximum atomic E-state index is 11.9. The molecule has 3 heterocycles. The van der Waals surface area contributed by atoms with Crippen LogP contribution in [0.2, 0.25) is 0 Å². The molecule has 1 amide bonds. The fourth-order valence-electron chi connectivity index (χ4n) is 2.50. The molecule has 0 spiro atoms. The van der Waals surface area contributed by atoms with E-state index in [4.69, 9.17) is 0 Å². The van der Waals surface area contributed by atoms with Gasteiger partial charge in [0.1, 0.15) is 11.3 Å². The lowest BCUT2D eigenvalue weighted by Crippen LogP contribution is -2.18. The standard InChI is InChI=1S/C14H18N6OS/c1-9-7-10(18-13(17-9)11-3-2-6-15-11)4-5-12(21)19-14-20-16-8-22-14/h7-8,11,15H,2-6H2,1H3,(H,19,20,21). The first kappa shape index (κ1) is 15.0. The molecule has 1 atom stereocenters. The van der Waals surface area contributed by atoms with Gasteiger partial charge in [-0.3, -0.25) is 4.79 Å². The van der Waals surface area contributed by atoms with Gasteiger partial charge in [0.15, 0.2) is 0 Å². The van der Waals surface area contributed by atoms with Crippen molar-refractivity contribution in [2.75, 3.05) is 11.9 Å². The van der Waals surface area contributed by atoms with Crippen LogP contribution >= 0.6 is 11.3 Å². The highest BCUT2D eigenvalue weighted by Crippen LogP contribution is 2.20. The summed E-state index contributed by atoms with van der Waals surface area (Å²) in [5.41, 5.74) is 3.44. The van der Waals surface area contributed by atoms with Crippen molar-refractivity contribution in [3.05, 3.63) is 28.8 Å². The number of nitrogens with one attached hydrogen (secondary N) is 2. The zero-order valence-electron chi connectivity index (χ0n) is 12.4. The molecule has 2 N–H and O–H groups in total. The van der Waals surface area contributed by atoms with Crippen LogP contribution in [0.3, 0.4) is 0 Å². The van der Waals surface area contributed by atoms with Crippen molar-refractivity contribution in [1.29, 1.82) is 0 Å². The third-order valence-electron chi connectivity index (χ3n) is 3.51. The molecule has 8 heteroatoms. The lowest BCUT2D eigenvalue weighted by Gasteiger charge is -2.11. The van der Waals surface area contributed by atoms with Gasteiger partial charge >= 0.3 is 0 Å². The Morgan fingerprint density at radius 3 is 3.14 bits per heavy atom. The molecule has 2 aromatic rings. The van der Waals surface area contributed by atoms with Gasteiger partial charge < -0.3 is 10.6 Å². The van der Waals surface area contributed by atoms with Gasteiger partial charge in [0, 0.05) is 17.8 Å². The summed E-state index contributed by atoms with van der Waals surface area (Å²) >= 11 is 1.31. The molecule has 1 saturated heterocycles. The van der Waals surface area contributed by atoms with Crippen molar-refractivity contribution in [3.8, 4) is 0 Å². The second kappa shape index (κ2) is 6.89. The van der Waals surface area contributed by atoms with Gasteiger partial charge in [-0.05, 0) is 38.8 Å². The van der Waals surface area contributed by atoms with Gasteiger partial charge in [-0.15, -0.1) is 10.2 Å². The van der Waals surface area contributed by atoms with Crippen molar-refractivity contribution in [2.24, 2.45) is 0 Å². The van der Waals surface area contributed by atoms with E-state index in [9.17, 15) is 4.79 Å². The minimum absolute atomic E-state index is 0.0754. The van der Waals surface area contributed by atoms with E-state index in [0.29, 0.717) is 18.0 Å². The zero-order chi connectivity index (χ0) is 15.4. The van der Waals surface area contributed by atoms with Crippen LogP contribution in [0.15, 0.2) is 11.6 Å². The molecular weight excluding hydrogens is 300 g/mol. The van der Waals surface area contributed by atoms with E-state index < -0.39 is 0 Å². The summed E-state index contributed by atoms with van der Waals surface area (Å²) in [6.45, 7) is 2.98. The number of nitrogens with zero attached hydrogens (tertiary/aromatic N) is 4. The Kier molecular flexibility index (Phi) is 4.69. The molecule has 2 aromatic heterocycles. The predicted octanol–water partition coefficient (Wildman–Crippen LogP) is 1.63. The Hall–Kier alpha value is -1.93. The third kappa shape index (κ3) is 3.83. The molecule has 1 aliphatic rings. The smallest absolute Gasteiger partial charge is 0.226 e. The summed E-state index contributed by atoms with van der Waals surface area (Å²) in [7, 11) is 0. The monoisotopic (exact) mass is 318 g/mol. The minimum atomic E-state index is -0.0754. The van der Waals surface area contributed by atoms with Crippen LogP contribution < -0.4 is 10.6 Å². The summed E-state index contributed by atoms with van der Waals surface area (Å²) in [6, 6.07) is 2.19. The molecule has 0 saturated carbocycles. The van der Waals surface area contributed by atoms with Gasteiger partial charge in [-0.25, -0.2) is 9.97 Å². The number of hydrogen-bond acceptors (Lipinski definition) is 7. The lowest BCUT2D eigenvalue weighted by molar-refractivity contribution is -0.116. The van der Waals surface area contributed by atoms with Gasteiger partial charge in [-0.1, -0.05) is 11.3 Å². The average molecular weight is 318 g/mol. The van der Waals surface area contributed by atoms with Crippen LogP contribution in [0.1, 0.15) is 42.5 Å². The quantitative estimate of drug-likeness (QED) is 0.870. The molecule has 7 nitrogen and oxygen atoms in total. The molecule has 22 heavy (non-hydrogen) atoms. The molecular formula is C14H18N6OS. The fraction of sp³-hybridized carbons (Fsp3) is 0.500. The van der Waals surface area contributed by atoms with E-state index in [1.807, 2.05) is 13.0 Å². The fourth-order valence-corrected chi connectivity index (χ4v) is 2.96. The minimum Gasteiger partial charge on any atom is -0.307 e. The van der Waals surface area contributed by atoms with E-state index in [1.54, 1.807) is 5.51 Å². The van der Waals surface area contributed by atoms with Crippen LogP contribution in [0, 0.1) is 6.92 Å². The number of hydrogen-bond donors (Lipinski definition) is 2. The second-order valence-corrected chi connectivity index (χ2v) is 6.13. The van der Waals surface area contributed by atoms with Crippen molar-refractivity contribution < 1.29 is 4.79 Å². The van der Waals surface area contributed by atoms with Gasteiger partial charge in [0.2, 0.25) is 11.0 Å². The second-order valence-electron chi connectivity index (χ2n) is 5.30. The average Bonchev–Trinajstić information content (AvgIpc) is 3.18. The van der Waals surface area contributed by atoms with Crippen LogP contribution in [-0.2, 0) is 11.2 Å². The summed E-state index contributed by atoms with van der Waals surface area (Å²) in [5.74, 6) is 0.769. The van der Waals surface area contributed by atoms with Crippen LogP contribution in [0.25, 0.3) is 0 Å². The summed E-state index contributed by atoms with van der Waals surface area (Å²) < 4.78 is 0. The number of anilines is 1. The number of aromatic nitrogens is 4. The Bertz CT molecular complexity index is 639. The molecule has 0 aromatic carbocycles. The number of amides is 1. The molecule has 116 valence electrons. The molecule has 0 bridgehead atoms. The molecule has 1 unspecified atom stereocenters. The largest absolute Gasteiger partial charge is 0.307 e. The summed E-state index contributed by atoms with van der Waals surface area (Å²) in [5, 5.41) is 14.1. The van der Waals surface area contributed by atoms with Gasteiger partial charge in [0.25, 0.3) is 0 Å². The SMILES string of the molecule is Cc1cc(CCC(=O)Nc2nncs2)nc(C2CCCN2)n1. The first-order valence-corrected chi connectivity index (χ1v) is 8.22. The molecule has 3 rings (SSSR count). The maximum absolute atomic E-state index is 11.9. The Balaban J connectivity index is 1.60. The van der Waals surface area contributed by atoms with Crippen LogP contribution in [-0.4, -0.2) is 32.6 Å². The summed E-state index contributed by atoms with van der Waals surface area (Å²) in [4.78, 5) is 21.0. The van der Waals surface area contributed by atoms with Crippen molar-refractivity contribution in [1.82, 2.24) is 25.5 Å². The van der Waals surface area contributed by atoms with E-state index >= 15 is 0 Å². The number of aryl methyl sites for hydroxylation is 2. The normalized spacial score (nSPS) is 17.6. The Labute approximate surface area is 132 Å². The van der Waals surface area contributed by atoms with Gasteiger partial charge in [-0.2, -0.15) is 0 Å². The number of carbonyl (C=O) groups excluding carboxylic acids is 1. The first-order valence-electron chi connectivity index (χ1n) is 7.34. The van der Waals surface area contributed by atoms with Crippen molar-refractivity contribution in [2.45, 2.75) is 38.6 Å². The van der Waals surface area contributed by atoms with Gasteiger partial charge in [0.05, 0.1) is 6.04 Å². The van der Waals surface area contributed by atoms with Crippen LogP contribution in [0.5, 0.6) is 0 Å². The van der Waals surface area contributed by atoms with E-state index in [2.05, 4.69) is 30.8 Å². The van der Waals surface area contributed by atoms with Crippen molar-refractivity contribution >= 4 is 22.4 Å². The van der Waals surface area contributed by atoms with E-state index in [0.717, 1.165) is 36.6 Å². The molecule has 1 aliphatic heterocycles. The number of carbonyl (C=O) groups is 1. The predicted molar refractivity (Wildman–Crippen MR) is 83.6 cm³/mol. The summed E-state index contributed by atoms with van der Waals surface area (Å²) in [6.07, 6.45) is 3.18. The zero-order valence-corrected chi connectivity index (χ0v) is 13.2. The first-order chi connectivity index (χ1) is 10.7. The topological polar surface area (TPSA) is 92.7 Å². The Morgan fingerprint density at radius 2 is 2.41 bits per heavy atom. The Morgan fingerprint density at radius 1 is 1.50 bits per heavy atom. The molecule has 1 fully saturated rings. The lowest BCUT2D eigenvalue weighted by atomic mass is 10.1. The molecule has 0 radical (unpaired) electrons. The maximum Gasteiger partial charge on any atom is 0.226 e. The number of rotatable bonds is 5. The molecule has 0 aliphatic carbocycles. The van der Waals surface area contributed by atoms with E-state index in [-0.39, 0.29) is 11.9 Å². The highest BCUT2D eigenvalue weighted by Gasteiger charge is 2.19.